The molecule has 5 heteroatoms. The summed E-state index contributed by atoms with van der Waals surface area (Å²) in [6, 6.07) is 12.9. The van der Waals surface area contributed by atoms with E-state index in [0.717, 1.165) is 0 Å². The highest BCUT2D eigenvalue weighted by molar-refractivity contribution is 5.95. The van der Waals surface area contributed by atoms with E-state index in [-0.39, 0.29) is 11.6 Å². The zero-order chi connectivity index (χ0) is 16.7. The number of nitriles is 1. The molecule has 23 heavy (non-hydrogen) atoms. The maximum atomic E-state index is 12.8. The molecule has 0 spiro atoms. The summed E-state index contributed by atoms with van der Waals surface area (Å²) in [5.41, 5.74) is 1.70. The minimum Gasteiger partial charge on any atom is -0.494 e. The Labute approximate surface area is 134 Å². The number of nitrogens with zero attached hydrogens (tertiary/aromatic N) is 1. The molecule has 0 aliphatic heterocycles. The second kappa shape index (κ2) is 7.95. The number of Topliss-reactive ketones (excluding diaryl/α,β-unsaturated/α-hetero) is 1. The largest absolute Gasteiger partial charge is 0.494 e. The zero-order valence-corrected chi connectivity index (χ0v) is 12.8. The first kappa shape index (κ1) is 16.5. The Morgan fingerprint density at radius 3 is 2.65 bits per heavy atom. The van der Waals surface area contributed by atoms with Crippen LogP contribution in [0.5, 0.6) is 5.75 Å². The summed E-state index contributed by atoms with van der Waals surface area (Å²) in [6.07, 6.45) is 0.701. The molecule has 0 saturated carbocycles. The molecule has 2 aromatic carbocycles. The lowest BCUT2D eigenvalue weighted by Crippen LogP contribution is -2.09. The van der Waals surface area contributed by atoms with Crippen LogP contribution in [-0.2, 0) is 0 Å². The Bertz CT molecular complexity index is 721. The quantitative estimate of drug-likeness (QED) is 0.624. The molecule has 0 radical (unpaired) electrons. The first-order valence-corrected chi connectivity index (χ1v) is 7.27. The molecule has 0 saturated heterocycles. The van der Waals surface area contributed by atoms with E-state index in [1.54, 1.807) is 30.3 Å². The van der Waals surface area contributed by atoms with Crippen molar-refractivity contribution in [2.24, 2.45) is 0 Å². The fraction of sp³-hybridized carbons (Fsp3) is 0.222. The molecular formula is C18H17FN2O2. The van der Waals surface area contributed by atoms with Crippen molar-refractivity contribution in [3.63, 3.8) is 0 Å². The molecule has 0 aliphatic carbocycles. The number of ketones is 1. The van der Waals surface area contributed by atoms with Crippen LogP contribution in [0, 0.1) is 17.1 Å². The number of hydrogen-bond acceptors (Lipinski definition) is 4. The van der Waals surface area contributed by atoms with Gasteiger partial charge in [-0.1, -0.05) is 0 Å². The van der Waals surface area contributed by atoms with Crippen LogP contribution in [0.2, 0.25) is 0 Å². The summed E-state index contributed by atoms with van der Waals surface area (Å²) in [5.74, 6) is 0.272. The van der Waals surface area contributed by atoms with Crippen molar-refractivity contribution in [1.82, 2.24) is 0 Å². The van der Waals surface area contributed by atoms with Crippen molar-refractivity contribution in [3.8, 4) is 11.8 Å². The predicted molar refractivity (Wildman–Crippen MR) is 86.2 cm³/mol. The van der Waals surface area contributed by atoms with Crippen LogP contribution in [0.4, 0.5) is 10.1 Å². The number of hydrogen-bond donors (Lipinski definition) is 1. The van der Waals surface area contributed by atoms with Crippen molar-refractivity contribution < 1.29 is 13.9 Å². The van der Waals surface area contributed by atoms with Gasteiger partial charge in [-0.25, -0.2) is 4.39 Å². The lowest BCUT2D eigenvalue weighted by Gasteiger charge is -2.10. The van der Waals surface area contributed by atoms with Crippen LogP contribution in [0.25, 0.3) is 0 Å². The molecule has 0 bridgehead atoms. The van der Waals surface area contributed by atoms with E-state index in [9.17, 15) is 9.18 Å². The Hall–Kier alpha value is -2.87. The molecule has 2 aromatic rings. The number of benzene rings is 2. The highest BCUT2D eigenvalue weighted by atomic mass is 19.1. The third-order valence-corrected chi connectivity index (χ3v) is 3.27. The van der Waals surface area contributed by atoms with Crippen LogP contribution in [0.15, 0.2) is 42.5 Å². The lowest BCUT2D eigenvalue weighted by molar-refractivity contribution is 0.101. The van der Waals surface area contributed by atoms with Gasteiger partial charge in [0.25, 0.3) is 0 Å². The summed E-state index contributed by atoms with van der Waals surface area (Å²) in [5, 5.41) is 12.2. The highest BCUT2D eigenvalue weighted by Crippen LogP contribution is 2.17. The van der Waals surface area contributed by atoms with Gasteiger partial charge in [-0.15, -0.1) is 0 Å². The van der Waals surface area contributed by atoms with E-state index in [1.165, 1.54) is 19.1 Å². The molecule has 0 heterocycles. The number of anilines is 1. The summed E-state index contributed by atoms with van der Waals surface area (Å²) >= 11 is 0. The van der Waals surface area contributed by atoms with E-state index in [0.29, 0.717) is 42.1 Å². The number of nitrogens with one attached hydrogen (secondary N) is 1. The molecule has 0 unspecified atom stereocenters. The number of ether oxygens (including phenoxy) is 1. The first-order valence-electron chi connectivity index (χ1n) is 7.27. The average Bonchev–Trinajstić information content (AvgIpc) is 2.56. The summed E-state index contributed by atoms with van der Waals surface area (Å²) < 4.78 is 18.3. The van der Waals surface area contributed by atoms with Crippen LogP contribution in [0.3, 0.4) is 0 Å². The Morgan fingerprint density at radius 2 is 2.00 bits per heavy atom. The summed E-state index contributed by atoms with van der Waals surface area (Å²) in [6.45, 7) is 2.55. The molecule has 2 rings (SSSR count). The number of halogens is 1. The molecule has 4 nitrogen and oxygen atoms in total. The van der Waals surface area contributed by atoms with Crippen LogP contribution in [-0.4, -0.2) is 18.9 Å². The van der Waals surface area contributed by atoms with E-state index in [4.69, 9.17) is 10.00 Å². The fourth-order valence-corrected chi connectivity index (χ4v) is 2.02. The SMILES string of the molecule is CC(=O)c1ccc(C#N)c(NCCCOc2ccc(F)cc2)c1. The molecular weight excluding hydrogens is 295 g/mol. The van der Waals surface area contributed by atoms with Gasteiger partial charge in [0.2, 0.25) is 0 Å². The molecule has 0 atom stereocenters. The molecule has 0 aromatic heterocycles. The van der Waals surface area contributed by atoms with Gasteiger partial charge in [-0.05, 0) is 55.8 Å². The maximum Gasteiger partial charge on any atom is 0.159 e. The van der Waals surface area contributed by atoms with Gasteiger partial charge in [0.15, 0.2) is 5.78 Å². The third-order valence-electron chi connectivity index (χ3n) is 3.27. The lowest BCUT2D eigenvalue weighted by atomic mass is 10.1. The van der Waals surface area contributed by atoms with Crippen molar-refractivity contribution in [1.29, 1.82) is 5.26 Å². The number of rotatable bonds is 7. The third kappa shape index (κ3) is 4.82. The zero-order valence-electron chi connectivity index (χ0n) is 12.8. The standard InChI is InChI=1S/C18H17FN2O2/c1-13(22)14-3-4-15(12-20)18(11-14)21-9-2-10-23-17-7-5-16(19)6-8-17/h3-8,11,21H,2,9-10H2,1H3. The Balaban J connectivity index is 1.84. The first-order chi connectivity index (χ1) is 11.1. The Kier molecular flexibility index (Phi) is 5.70. The maximum absolute atomic E-state index is 12.8. The molecule has 0 aliphatic rings. The van der Waals surface area contributed by atoms with Gasteiger partial charge in [0.1, 0.15) is 17.6 Å². The minimum atomic E-state index is -0.298. The van der Waals surface area contributed by atoms with Crippen molar-refractivity contribution in [2.45, 2.75) is 13.3 Å². The monoisotopic (exact) mass is 312 g/mol. The smallest absolute Gasteiger partial charge is 0.159 e. The van der Waals surface area contributed by atoms with Crippen LogP contribution < -0.4 is 10.1 Å². The summed E-state index contributed by atoms with van der Waals surface area (Å²) in [7, 11) is 0. The molecule has 1 N–H and O–H groups in total. The normalized spacial score (nSPS) is 9.96. The van der Waals surface area contributed by atoms with Gasteiger partial charge in [-0.3, -0.25) is 4.79 Å². The van der Waals surface area contributed by atoms with Gasteiger partial charge in [0.05, 0.1) is 17.9 Å². The highest BCUT2D eigenvalue weighted by Gasteiger charge is 2.06. The summed E-state index contributed by atoms with van der Waals surface area (Å²) in [4.78, 5) is 11.4. The average molecular weight is 312 g/mol. The van der Waals surface area contributed by atoms with Crippen LogP contribution >= 0.6 is 0 Å². The van der Waals surface area contributed by atoms with Crippen molar-refractivity contribution in [2.75, 3.05) is 18.5 Å². The minimum absolute atomic E-state index is 0.0443. The van der Waals surface area contributed by atoms with Gasteiger partial charge in [0, 0.05) is 12.1 Å². The topological polar surface area (TPSA) is 62.1 Å². The molecule has 118 valence electrons. The van der Waals surface area contributed by atoms with Crippen molar-refractivity contribution >= 4 is 11.5 Å². The number of carbonyl (C=O) groups is 1. The van der Waals surface area contributed by atoms with E-state index in [2.05, 4.69) is 11.4 Å². The Morgan fingerprint density at radius 1 is 1.26 bits per heavy atom. The molecule has 0 fully saturated rings. The van der Waals surface area contributed by atoms with E-state index < -0.39 is 0 Å². The fourth-order valence-electron chi connectivity index (χ4n) is 2.02. The van der Waals surface area contributed by atoms with Gasteiger partial charge < -0.3 is 10.1 Å². The number of carbonyl (C=O) groups excluding carboxylic acids is 1. The van der Waals surface area contributed by atoms with E-state index >= 15 is 0 Å². The van der Waals surface area contributed by atoms with E-state index in [1.807, 2.05) is 0 Å². The predicted octanol–water partition coefficient (Wildman–Crippen LogP) is 3.78. The van der Waals surface area contributed by atoms with Gasteiger partial charge >= 0.3 is 0 Å². The second-order valence-corrected chi connectivity index (χ2v) is 5.01. The van der Waals surface area contributed by atoms with Crippen molar-refractivity contribution in [3.05, 3.63) is 59.4 Å². The van der Waals surface area contributed by atoms with Gasteiger partial charge in [-0.2, -0.15) is 5.26 Å². The van der Waals surface area contributed by atoms with Crippen LogP contribution in [0.1, 0.15) is 29.3 Å². The molecule has 0 amide bonds. The second-order valence-electron chi connectivity index (χ2n) is 5.01.